The van der Waals surface area contributed by atoms with Crippen molar-refractivity contribution in [3.05, 3.63) is 42.5 Å². The number of aliphatic hydroxyl groups excluding tert-OH is 1. The number of hydrogen-bond acceptors (Lipinski definition) is 2. The number of allylic oxidation sites excluding steroid dienone is 1. The van der Waals surface area contributed by atoms with Crippen LogP contribution in [0.4, 0.5) is 0 Å². The summed E-state index contributed by atoms with van der Waals surface area (Å²) in [7, 11) is 0. The Morgan fingerprint density at radius 3 is 2.81 bits per heavy atom. The second-order valence-electron chi connectivity index (χ2n) is 6.20. The summed E-state index contributed by atoms with van der Waals surface area (Å²) in [6.45, 7) is 9.58. The summed E-state index contributed by atoms with van der Waals surface area (Å²) < 4.78 is 5.80. The molecule has 0 saturated carbocycles. The number of piperidine rings is 1. The first-order valence-electron chi connectivity index (χ1n) is 8.02. The molecule has 1 fully saturated rings. The fourth-order valence-corrected chi connectivity index (χ4v) is 2.92. The van der Waals surface area contributed by atoms with Crippen molar-refractivity contribution < 1.29 is 14.7 Å². The van der Waals surface area contributed by atoms with Crippen LogP contribution in [0.25, 0.3) is 0 Å². The molecule has 1 saturated heterocycles. The Morgan fingerprint density at radius 1 is 1.38 bits per heavy atom. The van der Waals surface area contributed by atoms with Gasteiger partial charge in [-0.1, -0.05) is 31.2 Å². The number of benzene rings is 1. The maximum absolute atomic E-state index is 10.2. The van der Waals surface area contributed by atoms with Crippen molar-refractivity contribution in [3.8, 4) is 5.75 Å². The van der Waals surface area contributed by atoms with Gasteiger partial charge in [0.2, 0.25) is 0 Å². The van der Waals surface area contributed by atoms with E-state index in [0.29, 0.717) is 6.61 Å². The first kappa shape index (κ1) is 16.1. The molecule has 116 valence electrons. The highest BCUT2D eigenvalue weighted by Crippen LogP contribution is 2.18. The van der Waals surface area contributed by atoms with E-state index in [0.717, 1.165) is 30.2 Å². The molecule has 21 heavy (non-hydrogen) atoms. The van der Waals surface area contributed by atoms with Crippen LogP contribution < -0.4 is 9.64 Å². The number of rotatable bonds is 7. The van der Waals surface area contributed by atoms with E-state index in [-0.39, 0.29) is 0 Å². The second kappa shape index (κ2) is 8.20. The van der Waals surface area contributed by atoms with Crippen LogP contribution >= 0.6 is 0 Å². The van der Waals surface area contributed by atoms with Gasteiger partial charge in [-0.15, -0.1) is 6.58 Å². The molecule has 1 atom stereocenters. The maximum Gasteiger partial charge on any atom is 0.137 e. The predicted octanol–water partition coefficient (Wildman–Crippen LogP) is 1.47. The number of para-hydroxylation sites is 1. The van der Waals surface area contributed by atoms with Gasteiger partial charge in [-0.25, -0.2) is 0 Å². The van der Waals surface area contributed by atoms with E-state index in [4.69, 9.17) is 4.74 Å². The lowest BCUT2D eigenvalue weighted by Gasteiger charge is -2.28. The van der Waals surface area contributed by atoms with Crippen molar-refractivity contribution in [2.75, 3.05) is 26.2 Å². The Bertz CT molecular complexity index is 439. The Hall–Kier alpha value is -1.32. The van der Waals surface area contributed by atoms with Gasteiger partial charge in [-0.2, -0.15) is 0 Å². The molecular formula is C18H28NO2+. The fourth-order valence-electron chi connectivity index (χ4n) is 2.92. The van der Waals surface area contributed by atoms with Gasteiger partial charge in [0.1, 0.15) is 25.0 Å². The number of likely N-dealkylation sites (tertiary alicyclic amines) is 1. The van der Waals surface area contributed by atoms with Gasteiger partial charge in [0.05, 0.1) is 13.1 Å². The van der Waals surface area contributed by atoms with E-state index in [1.807, 2.05) is 30.3 Å². The minimum Gasteiger partial charge on any atom is -0.490 e. The van der Waals surface area contributed by atoms with E-state index in [1.165, 1.54) is 30.8 Å². The summed E-state index contributed by atoms with van der Waals surface area (Å²) in [5.41, 5.74) is 1.12. The molecule has 1 aliphatic heterocycles. The van der Waals surface area contributed by atoms with E-state index in [2.05, 4.69) is 13.5 Å². The minimum atomic E-state index is -0.398. The number of quaternary nitrogens is 1. The molecule has 1 aromatic rings. The summed E-state index contributed by atoms with van der Waals surface area (Å²) in [6, 6.07) is 7.97. The first-order chi connectivity index (χ1) is 10.2. The van der Waals surface area contributed by atoms with E-state index in [9.17, 15) is 5.11 Å². The zero-order chi connectivity index (χ0) is 15.1. The average Bonchev–Trinajstić information content (AvgIpc) is 2.49. The summed E-state index contributed by atoms with van der Waals surface area (Å²) in [5.74, 6) is 1.70. The molecule has 3 heteroatoms. The molecule has 0 amide bonds. The van der Waals surface area contributed by atoms with Crippen LogP contribution in [0.3, 0.4) is 0 Å². The molecule has 0 aliphatic carbocycles. The molecule has 0 radical (unpaired) electrons. The molecule has 0 spiro atoms. The molecule has 0 aromatic heterocycles. The summed E-state index contributed by atoms with van der Waals surface area (Å²) in [4.78, 5) is 1.50. The molecule has 2 rings (SSSR count). The summed E-state index contributed by atoms with van der Waals surface area (Å²) in [6.07, 6.45) is 4.81. The third-order valence-electron chi connectivity index (χ3n) is 4.27. The molecule has 1 unspecified atom stereocenters. The van der Waals surface area contributed by atoms with Crippen molar-refractivity contribution in [1.29, 1.82) is 0 Å². The monoisotopic (exact) mass is 290 g/mol. The van der Waals surface area contributed by atoms with Crippen LogP contribution in [0.2, 0.25) is 0 Å². The van der Waals surface area contributed by atoms with Gasteiger partial charge in [0, 0.05) is 0 Å². The van der Waals surface area contributed by atoms with Crippen LogP contribution in [-0.2, 0) is 6.42 Å². The topological polar surface area (TPSA) is 33.9 Å². The van der Waals surface area contributed by atoms with Crippen LogP contribution in [0.1, 0.15) is 25.3 Å². The van der Waals surface area contributed by atoms with Crippen molar-refractivity contribution >= 4 is 0 Å². The third kappa shape index (κ3) is 5.18. The van der Waals surface area contributed by atoms with Crippen LogP contribution in [0.15, 0.2) is 36.9 Å². The smallest absolute Gasteiger partial charge is 0.137 e. The molecule has 2 N–H and O–H groups in total. The van der Waals surface area contributed by atoms with Gasteiger partial charge in [0.25, 0.3) is 0 Å². The van der Waals surface area contributed by atoms with Gasteiger partial charge in [-0.3, -0.25) is 0 Å². The standard InChI is InChI=1S/C18H27NO2/c1-3-6-16-7-4-5-8-18(16)21-14-17(20)13-19-11-9-15(2)10-12-19/h3-5,7-8,15,17,20H,1,6,9-14H2,2H3/p+1. The third-order valence-corrected chi connectivity index (χ3v) is 4.27. The zero-order valence-electron chi connectivity index (χ0n) is 13.1. The van der Waals surface area contributed by atoms with E-state index in [1.54, 1.807) is 0 Å². The van der Waals surface area contributed by atoms with E-state index >= 15 is 0 Å². The number of aliphatic hydroxyl groups is 1. The molecule has 3 nitrogen and oxygen atoms in total. The van der Waals surface area contributed by atoms with Crippen molar-refractivity contribution in [2.45, 2.75) is 32.3 Å². The average molecular weight is 290 g/mol. The largest absolute Gasteiger partial charge is 0.490 e. The van der Waals surface area contributed by atoms with E-state index < -0.39 is 6.10 Å². The maximum atomic E-state index is 10.2. The number of nitrogens with one attached hydrogen (secondary N) is 1. The summed E-state index contributed by atoms with van der Waals surface area (Å²) >= 11 is 0. The molecule has 0 bridgehead atoms. The fraction of sp³-hybridized carbons (Fsp3) is 0.556. The van der Waals surface area contributed by atoms with Crippen molar-refractivity contribution in [1.82, 2.24) is 0 Å². The number of ether oxygens (including phenoxy) is 1. The highest BCUT2D eigenvalue weighted by Gasteiger charge is 2.21. The number of hydrogen-bond donors (Lipinski definition) is 2. The van der Waals surface area contributed by atoms with Crippen LogP contribution in [0, 0.1) is 5.92 Å². The molecule has 1 aliphatic rings. The quantitative estimate of drug-likeness (QED) is 0.746. The van der Waals surface area contributed by atoms with Crippen LogP contribution in [-0.4, -0.2) is 37.5 Å². The second-order valence-corrected chi connectivity index (χ2v) is 6.20. The lowest BCUT2D eigenvalue weighted by Crippen LogP contribution is -3.14. The predicted molar refractivity (Wildman–Crippen MR) is 85.8 cm³/mol. The molecule has 1 heterocycles. The van der Waals surface area contributed by atoms with Crippen molar-refractivity contribution in [3.63, 3.8) is 0 Å². The van der Waals surface area contributed by atoms with Gasteiger partial charge >= 0.3 is 0 Å². The Balaban J connectivity index is 1.78. The normalized spacial score (nSPS) is 23.5. The molecular weight excluding hydrogens is 262 g/mol. The molecule has 1 aromatic carbocycles. The minimum absolute atomic E-state index is 0.368. The Kier molecular flexibility index (Phi) is 6.27. The first-order valence-corrected chi connectivity index (χ1v) is 8.02. The van der Waals surface area contributed by atoms with Gasteiger partial charge < -0.3 is 14.7 Å². The van der Waals surface area contributed by atoms with Gasteiger partial charge in [-0.05, 0) is 36.8 Å². The Morgan fingerprint density at radius 2 is 2.10 bits per heavy atom. The summed E-state index contributed by atoms with van der Waals surface area (Å²) in [5, 5.41) is 10.2. The van der Waals surface area contributed by atoms with Crippen LogP contribution in [0.5, 0.6) is 5.75 Å². The highest BCUT2D eigenvalue weighted by atomic mass is 16.5. The van der Waals surface area contributed by atoms with Gasteiger partial charge in [0.15, 0.2) is 0 Å². The Labute approximate surface area is 128 Å². The highest BCUT2D eigenvalue weighted by molar-refractivity contribution is 5.34. The SMILES string of the molecule is C=CCc1ccccc1OCC(O)C[NH+]1CCC(C)CC1. The lowest BCUT2D eigenvalue weighted by atomic mass is 9.99. The zero-order valence-corrected chi connectivity index (χ0v) is 13.1. The van der Waals surface area contributed by atoms with Crippen molar-refractivity contribution in [2.24, 2.45) is 5.92 Å². The lowest BCUT2D eigenvalue weighted by molar-refractivity contribution is -0.909.